The number of carbonyl (C=O) groups is 1. The zero-order valence-electron chi connectivity index (χ0n) is 9.63. The molecule has 0 aromatic carbocycles. The molecule has 1 aliphatic rings. The summed E-state index contributed by atoms with van der Waals surface area (Å²) >= 11 is 2.47. The molecule has 0 radical (unpaired) electrons. The molecular weight excluding hydrogens is 280 g/mol. The molecule has 0 spiro atoms. The lowest BCUT2D eigenvalue weighted by atomic mass is 10.4. The van der Waals surface area contributed by atoms with Crippen LogP contribution in [0.15, 0.2) is 20.0 Å². The van der Waals surface area contributed by atoms with Crippen molar-refractivity contribution >= 4 is 39.3 Å². The average Bonchev–Trinajstić information content (AvgIpc) is 2.79. The maximum atomic E-state index is 12.1. The van der Waals surface area contributed by atoms with E-state index >= 15 is 0 Å². The Balaban J connectivity index is 3.08. The number of unbranched alkanes of at least 4 members (excludes halogenated alkanes) is 1. The predicted molar refractivity (Wildman–Crippen MR) is 72.1 cm³/mol. The Morgan fingerprint density at radius 3 is 2.41 bits per heavy atom. The highest BCUT2D eigenvalue weighted by molar-refractivity contribution is 8.28. The molecule has 0 aromatic rings. The normalized spacial score (nSPS) is 15.1. The van der Waals surface area contributed by atoms with Crippen molar-refractivity contribution in [1.29, 1.82) is 0 Å². The monoisotopic (exact) mass is 294 g/mol. The first-order chi connectivity index (χ1) is 8.03. The molecule has 7 heteroatoms. The first kappa shape index (κ1) is 14.7. The van der Waals surface area contributed by atoms with E-state index in [-0.39, 0.29) is 10.7 Å². The van der Waals surface area contributed by atoms with Crippen LogP contribution in [0.1, 0.15) is 19.8 Å². The molecular formula is C10H14O4S3. The molecule has 0 amide bonds. The molecule has 0 fully saturated rings. The Morgan fingerprint density at radius 1 is 1.35 bits per heavy atom. The van der Waals surface area contributed by atoms with Crippen LogP contribution in [-0.2, 0) is 19.4 Å². The van der Waals surface area contributed by atoms with Crippen LogP contribution in [0.25, 0.3) is 0 Å². The molecule has 1 aliphatic heterocycles. The quantitative estimate of drug-likeness (QED) is 0.573. The minimum absolute atomic E-state index is 0.0153. The van der Waals surface area contributed by atoms with Crippen LogP contribution in [0, 0.1) is 0 Å². The summed E-state index contributed by atoms with van der Waals surface area (Å²) in [7, 11) is -2.37. The van der Waals surface area contributed by atoms with Gasteiger partial charge < -0.3 is 4.74 Å². The first-order valence-corrected chi connectivity index (χ1v) is 8.47. The highest BCUT2D eigenvalue weighted by Gasteiger charge is 2.30. The van der Waals surface area contributed by atoms with Crippen LogP contribution in [0.2, 0.25) is 0 Å². The van der Waals surface area contributed by atoms with Crippen molar-refractivity contribution in [3.8, 4) is 0 Å². The van der Waals surface area contributed by atoms with Gasteiger partial charge in [0.05, 0.1) is 17.1 Å². The van der Waals surface area contributed by atoms with Crippen molar-refractivity contribution in [2.24, 2.45) is 0 Å². The van der Waals surface area contributed by atoms with Crippen LogP contribution < -0.4 is 0 Å². The maximum absolute atomic E-state index is 12.1. The lowest BCUT2D eigenvalue weighted by Gasteiger charge is -2.09. The minimum atomic E-state index is -3.56. The van der Waals surface area contributed by atoms with Gasteiger partial charge in [-0.15, -0.1) is 0 Å². The standard InChI is InChI=1S/C10H14O4S3/c1-3-4-7-17(12,13)8(9(11)14-2)10-15-5-6-16-10/h5-6H,3-4,7H2,1-2H3. The van der Waals surface area contributed by atoms with Crippen LogP contribution in [-0.4, -0.2) is 27.2 Å². The highest BCUT2D eigenvalue weighted by atomic mass is 32.2. The van der Waals surface area contributed by atoms with Gasteiger partial charge in [-0.2, -0.15) is 0 Å². The molecule has 4 nitrogen and oxygen atoms in total. The molecule has 1 rings (SSSR count). The van der Waals surface area contributed by atoms with Gasteiger partial charge in [0.1, 0.15) is 0 Å². The third kappa shape index (κ3) is 3.79. The zero-order valence-corrected chi connectivity index (χ0v) is 12.1. The van der Waals surface area contributed by atoms with Gasteiger partial charge >= 0.3 is 5.97 Å². The van der Waals surface area contributed by atoms with E-state index in [0.717, 1.165) is 6.42 Å². The Morgan fingerprint density at radius 2 is 1.94 bits per heavy atom. The third-order valence-electron chi connectivity index (χ3n) is 2.04. The van der Waals surface area contributed by atoms with Gasteiger partial charge in [-0.25, -0.2) is 13.2 Å². The molecule has 0 aliphatic carbocycles. The van der Waals surface area contributed by atoms with E-state index in [1.54, 1.807) is 10.8 Å². The first-order valence-electron chi connectivity index (χ1n) is 5.06. The van der Waals surface area contributed by atoms with Crippen LogP contribution in [0.4, 0.5) is 0 Å². The van der Waals surface area contributed by atoms with Crippen molar-refractivity contribution < 1.29 is 17.9 Å². The summed E-state index contributed by atoms with van der Waals surface area (Å²) in [5, 5.41) is 3.50. The Kier molecular flexibility index (Phi) is 5.61. The summed E-state index contributed by atoms with van der Waals surface area (Å²) in [5.41, 5.74) is 0. The molecule has 96 valence electrons. The fraction of sp³-hybridized carbons (Fsp3) is 0.500. The average molecular weight is 294 g/mol. The van der Waals surface area contributed by atoms with Gasteiger partial charge in [-0.05, 0) is 17.2 Å². The summed E-state index contributed by atoms with van der Waals surface area (Å²) in [5.74, 6) is -0.793. The molecule has 0 bridgehead atoms. The van der Waals surface area contributed by atoms with Crippen molar-refractivity contribution in [2.75, 3.05) is 12.9 Å². The number of sulfone groups is 1. The molecule has 0 aromatic heterocycles. The third-order valence-corrected chi connectivity index (χ3v) is 6.25. The Bertz CT molecular complexity index is 438. The van der Waals surface area contributed by atoms with E-state index in [2.05, 4.69) is 4.74 Å². The summed E-state index contributed by atoms with van der Waals surface area (Å²) in [6.07, 6.45) is 1.31. The highest BCUT2D eigenvalue weighted by Crippen LogP contribution is 2.41. The van der Waals surface area contributed by atoms with Gasteiger partial charge in [0, 0.05) is 0 Å². The van der Waals surface area contributed by atoms with Gasteiger partial charge in [0.25, 0.3) is 0 Å². The van der Waals surface area contributed by atoms with E-state index in [9.17, 15) is 13.2 Å². The van der Waals surface area contributed by atoms with Gasteiger partial charge in [-0.1, -0.05) is 36.9 Å². The van der Waals surface area contributed by atoms with E-state index in [1.807, 2.05) is 6.92 Å². The Hall–Kier alpha value is -0.400. The van der Waals surface area contributed by atoms with Crippen molar-refractivity contribution in [3.05, 3.63) is 20.0 Å². The summed E-state index contributed by atoms with van der Waals surface area (Å²) in [4.78, 5) is 11.4. The largest absolute Gasteiger partial charge is 0.465 e. The number of methoxy groups -OCH3 is 1. The minimum Gasteiger partial charge on any atom is -0.465 e. The van der Waals surface area contributed by atoms with E-state index < -0.39 is 15.8 Å². The fourth-order valence-corrected chi connectivity index (χ4v) is 5.32. The van der Waals surface area contributed by atoms with Crippen LogP contribution >= 0.6 is 23.5 Å². The summed E-state index contributed by atoms with van der Waals surface area (Å²) in [6, 6.07) is 0. The zero-order chi connectivity index (χ0) is 12.9. The second-order valence-corrected chi connectivity index (χ2v) is 7.43. The van der Waals surface area contributed by atoms with Crippen molar-refractivity contribution in [3.63, 3.8) is 0 Å². The number of carbonyl (C=O) groups excluding carboxylic acids is 1. The molecule has 17 heavy (non-hydrogen) atoms. The topological polar surface area (TPSA) is 60.4 Å². The number of thioether (sulfide) groups is 2. The summed E-state index contributed by atoms with van der Waals surface area (Å²) < 4.78 is 29.2. The van der Waals surface area contributed by atoms with Gasteiger partial charge in [-0.3, -0.25) is 0 Å². The molecule has 0 saturated heterocycles. The van der Waals surface area contributed by atoms with E-state index in [1.165, 1.54) is 30.6 Å². The molecule has 0 atom stereocenters. The van der Waals surface area contributed by atoms with Crippen LogP contribution in [0.5, 0.6) is 0 Å². The number of hydrogen-bond acceptors (Lipinski definition) is 6. The SMILES string of the molecule is CCCCS(=O)(=O)C(C(=O)OC)=C1SC=CS1. The summed E-state index contributed by atoms with van der Waals surface area (Å²) in [6.45, 7) is 1.90. The van der Waals surface area contributed by atoms with E-state index in [4.69, 9.17) is 0 Å². The number of hydrogen-bond donors (Lipinski definition) is 0. The maximum Gasteiger partial charge on any atom is 0.351 e. The lowest BCUT2D eigenvalue weighted by Crippen LogP contribution is -2.19. The number of rotatable bonds is 5. The van der Waals surface area contributed by atoms with Crippen molar-refractivity contribution in [1.82, 2.24) is 0 Å². The molecule has 0 unspecified atom stereocenters. The molecule has 1 heterocycles. The molecule has 0 N–H and O–H groups in total. The number of esters is 1. The van der Waals surface area contributed by atoms with Gasteiger partial charge in [0.15, 0.2) is 14.7 Å². The fourth-order valence-electron chi connectivity index (χ4n) is 1.18. The predicted octanol–water partition coefficient (Wildman–Crippen LogP) is 2.49. The van der Waals surface area contributed by atoms with Crippen LogP contribution in [0.3, 0.4) is 0 Å². The second-order valence-electron chi connectivity index (χ2n) is 3.29. The smallest absolute Gasteiger partial charge is 0.351 e. The van der Waals surface area contributed by atoms with Gasteiger partial charge in [0.2, 0.25) is 0 Å². The van der Waals surface area contributed by atoms with Crippen molar-refractivity contribution in [2.45, 2.75) is 19.8 Å². The lowest BCUT2D eigenvalue weighted by molar-refractivity contribution is -0.135. The number of ether oxygens (including phenoxy) is 1. The Labute approximate surface area is 110 Å². The van der Waals surface area contributed by atoms with E-state index in [0.29, 0.717) is 10.7 Å². The molecule has 0 saturated carbocycles. The second kappa shape index (κ2) is 6.51.